The highest BCUT2D eigenvalue weighted by Crippen LogP contribution is 2.32. The summed E-state index contributed by atoms with van der Waals surface area (Å²) in [6.07, 6.45) is 3.00. The molecule has 1 atom stereocenters. The number of sulfonamides is 1. The number of hydrogen-bond acceptors (Lipinski definition) is 4. The third kappa shape index (κ3) is 3.12. The number of para-hydroxylation sites is 1. The zero-order chi connectivity index (χ0) is 17.6. The van der Waals surface area contributed by atoms with Crippen molar-refractivity contribution in [3.63, 3.8) is 0 Å². The number of ketones is 1. The fourth-order valence-electron chi connectivity index (χ4n) is 4.05. The van der Waals surface area contributed by atoms with Crippen LogP contribution in [0.15, 0.2) is 24.3 Å². The second kappa shape index (κ2) is 6.23. The summed E-state index contributed by atoms with van der Waals surface area (Å²) >= 11 is 0. The summed E-state index contributed by atoms with van der Waals surface area (Å²) in [5.41, 5.74) is 2.95. The maximum atomic E-state index is 13.0. The first-order valence-electron chi connectivity index (χ1n) is 8.75. The van der Waals surface area contributed by atoms with Gasteiger partial charge in [0.15, 0.2) is 5.78 Å². The Hall–Kier alpha value is -1.70. The Balaban J connectivity index is 1.48. The molecule has 2 aliphatic rings. The van der Waals surface area contributed by atoms with Crippen molar-refractivity contribution >= 4 is 26.7 Å². The van der Waals surface area contributed by atoms with Crippen LogP contribution in [0.5, 0.6) is 0 Å². The van der Waals surface area contributed by atoms with Crippen LogP contribution in [0.2, 0.25) is 0 Å². The van der Waals surface area contributed by atoms with Gasteiger partial charge in [-0.2, -0.15) is 4.31 Å². The van der Waals surface area contributed by atoms with Gasteiger partial charge in [-0.25, -0.2) is 8.42 Å². The summed E-state index contributed by atoms with van der Waals surface area (Å²) < 4.78 is 24.8. The monoisotopic (exact) mass is 361 g/mol. The Labute approximate surface area is 147 Å². The largest absolute Gasteiger partial charge is 0.358 e. The third-order valence-corrected chi connectivity index (χ3v) is 6.73. The van der Waals surface area contributed by atoms with Gasteiger partial charge in [0.25, 0.3) is 0 Å². The van der Waals surface area contributed by atoms with Crippen LogP contribution in [-0.2, 0) is 16.4 Å². The van der Waals surface area contributed by atoms with Crippen molar-refractivity contribution in [2.45, 2.75) is 12.8 Å². The summed E-state index contributed by atoms with van der Waals surface area (Å²) in [4.78, 5) is 18.6. The molecule has 1 aliphatic heterocycles. The first kappa shape index (κ1) is 16.8. The van der Waals surface area contributed by atoms with Crippen molar-refractivity contribution in [3.8, 4) is 0 Å². The highest BCUT2D eigenvalue weighted by atomic mass is 32.2. The number of H-pyrrole nitrogens is 1. The molecule has 0 radical (unpaired) electrons. The molecular weight excluding hydrogens is 338 g/mol. The summed E-state index contributed by atoms with van der Waals surface area (Å²) in [7, 11) is -3.11. The lowest BCUT2D eigenvalue weighted by atomic mass is 9.84. The predicted molar refractivity (Wildman–Crippen MR) is 97.3 cm³/mol. The number of rotatable bonds is 3. The molecule has 2 aromatic rings. The first-order valence-corrected chi connectivity index (χ1v) is 10.6. The van der Waals surface area contributed by atoms with Crippen LogP contribution in [0.25, 0.3) is 10.9 Å². The lowest BCUT2D eigenvalue weighted by Gasteiger charge is -2.35. The van der Waals surface area contributed by atoms with E-state index in [-0.39, 0.29) is 11.7 Å². The SMILES string of the molecule is CS(=O)(=O)N1CCN(CC2CCc3[nH]c4ccccc4c3C2=O)CC1. The molecule has 134 valence electrons. The van der Waals surface area contributed by atoms with Crippen LogP contribution in [0.3, 0.4) is 0 Å². The summed E-state index contributed by atoms with van der Waals surface area (Å²) in [6, 6.07) is 7.97. The van der Waals surface area contributed by atoms with E-state index in [1.807, 2.05) is 24.3 Å². The molecule has 0 bridgehead atoms. The summed E-state index contributed by atoms with van der Waals surface area (Å²) in [5, 5.41) is 1.02. The van der Waals surface area contributed by atoms with Gasteiger partial charge < -0.3 is 4.98 Å². The molecule has 0 saturated carbocycles. The second-order valence-corrected chi connectivity index (χ2v) is 9.07. The number of carbonyl (C=O) groups is 1. The van der Waals surface area contributed by atoms with Crippen LogP contribution in [-0.4, -0.2) is 67.4 Å². The van der Waals surface area contributed by atoms with E-state index in [9.17, 15) is 13.2 Å². The van der Waals surface area contributed by atoms with Gasteiger partial charge in [0.1, 0.15) is 0 Å². The van der Waals surface area contributed by atoms with Crippen LogP contribution in [0.1, 0.15) is 22.5 Å². The number of benzene rings is 1. The van der Waals surface area contributed by atoms with Gasteiger partial charge in [0, 0.05) is 60.8 Å². The molecule has 6 nitrogen and oxygen atoms in total. The molecule has 0 spiro atoms. The van der Waals surface area contributed by atoms with Gasteiger partial charge in [-0.1, -0.05) is 18.2 Å². The van der Waals surface area contributed by atoms with Crippen LogP contribution < -0.4 is 0 Å². The number of aromatic amines is 1. The molecular formula is C18H23N3O3S. The quantitative estimate of drug-likeness (QED) is 0.899. The maximum Gasteiger partial charge on any atom is 0.211 e. The van der Waals surface area contributed by atoms with Gasteiger partial charge in [-0.05, 0) is 18.9 Å². The van der Waals surface area contributed by atoms with E-state index < -0.39 is 10.0 Å². The minimum Gasteiger partial charge on any atom is -0.358 e. The van der Waals surface area contributed by atoms with Gasteiger partial charge in [0.05, 0.1) is 6.26 Å². The topological polar surface area (TPSA) is 73.5 Å². The number of nitrogens with zero attached hydrogens (tertiary/aromatic N) is 2. The van der Waals surface area contributed by atoms with E-state index >= 15 is 0 Å². The van der Waals surface area contributed by atoms with Crippen LogP contribution in [0, 0.1) is 5.92 Å². The van der Waals surface area contributed by atoms with Crippen molar-refractivity contribution in [1.29, 1.82) is 0 Å². The van der Waals surface area contributed by atoms with Crippen molar-refractivity contribution in [3.05, 3.63) is 35.5 Å². The smallest absolute Gasteiger partial charge is 0.211 e. The maximum absolute atomic E-state index is 13.0. The van der Waals surface area contributed by atoms with Crippen molar-refractivity contribution in [2.75, 3.05) is 39.0 Å². The Bertz CT molecular complexity index is 911. The van der Waals surface area contributed by atoms with E-state index in [2.05, 4.69) is 9.88 Å². The molecule has 1 aliphatic carbocycles. The highest BCUT2D eigenvalue weighted by molar-refractivity contribution is 7.88. The lowest BCUT2D eigenvalue weighted by molar-refractivity contribution is 0.0834. The Morgan fingerprint density at radius 1 is 1.16 bits per heavy atom. The average molecular weight is 361 g/mol. The number of carbonyl (C=O) groups excluding carboxylic acids is 1. The lowest BCUT2D eigenvalue weighted by Crippen LogP contribution is -2.50. The third-order valence-electron chi connectivity index (χ3n) is 5.42. The first-order chi connectivity index (χ1) is 11.9. The standard InChI is InChI=1S/C18H23N3O3S/c1-25(23,24)21-10-8-20(9-11-21)12-13-6-7-16-17(18(13)22)14-4-2-3-5-15(14)19-16/h2-5,13,19H,6-12H2,1H3. The zero-order valence-corrected chi connectivity index (χ0v) is 15.2. The van der Waals surface area contributed by atoms with Crippen molar-refractivity contribution < 1.29 is 13.2 Å². The van der Waals surface area contributed by atoms with E-state index in [1.54, 1.807) is 0 Å². The normalized spacial score (nSPS) is 23.1. The number of Topliss-reactive ketones (excluding diaryl/α,β-unsaturated/α-hetero) is 1. The van der Waals surface area contributed by atoms with Gasteiger partial charge >= 0.3 is 0 Å². The molecule has 7 heteroatoms. The van der Waals surface area contributed by atoms with Crippen LogP contribution >= 0.6 is 0 Å². The molecule has 4 rings (SSSR count). The number of hydrogen-bond donors (Lipinski definition) is 1. The molecule has 1 saturated heterocycles. The van der Waals surface area contributed by atoms with E-state index in [0.717, 1.165) is 41.5 Å². The zero-order valence-electron chi connectivity index (χ0n) is 14.4. The predicted octanol–water partition coefficient (Wildman–Crippen LogP) is 1.49. The fourth-order valence-corrected chi connectivity index (χ4v) is 4.88. The van der Waals surface area contributed by atoms with E-state index in [0.29, 0.717) is 26.2 Å². The Morgan fingerprint density at radius 3 is 2.60 bits per heavy atom. The average Bonchev–Trinajstić information content (AvgIpc) is 2.96. The summed E-state index contributed by atoms with van der Waals surface area (Å²) in [5.74, 6) is 0.223. The number of aromatic nitrogens is 1. The fraction of sp³-hybridized carbons (Fsp3) is 0.500. The van der Waals surface area contributed by atoms with E-state index in [1.165, 1.54) is 10.6 Å². The Kier molecular flexibility index (Phi) is 4.17. The number of aryl methyl sites for hydroxylation is 1. The molecule has 0 amide bonds. The molecule has 25 heavy (non-hydrogen) atoms. The minimum absolute atomic E-state index is 0.00325. The number of nitrogens with one attached hydrogen (secondary N) is 1. The van der Waals surface area contributed by atoms with Crippen molar-refractivity contribution in [2.24, 2.45) is 5.92 Å². The molecule has 1 aromatic carbocycles. The highest BCUT2D eigenvalue weighted by Gasteiger charge is 2.33. The van der Waals surface area contributed by atoms with Crippen LogP contribution in [0.4, 0.5) is 0 Å². The van der Waals surface area contributed by atoms with Gasteiger partial charge in [-0.3, -0.25) is 9.69 Å². The van der Waals surface area contributed by atoms with Gasteiger partial charge in [-0.15, -0.1) is 0 Å². The minimum atomic E-state index is -3.11. The molecule has 1 unspecified atom stereocenters. The Morgan fingerprint density at radius 2 is 1.88 bits per heavy atom. The second-order valence-electron chi connectivity index (χ2n) is 7.09. The molecule has 1 aromatic heterocycles. The number of piperazine rings is 1. The van der Waals surface area contributed by atoms with Crippen molar-refractivity contribution in [1.82, 2.24) is 14.2 Å². The molecule has 2 heterocycles. The number of fused-ring (bicyclic) bond motifs is 3. The summed E-state index contributed by atoms with van der Waals surface area (Å²) in [6.45, 7) is 3.13. The van der Waals surface area contributed by atoms with Gasteiger partial charge in [0.2, 0.25) is 10.0 Å². The molecule has 1 fully saturated rings. The van der Waals surface area contributed by atoms with E-state index in [4.69, 9.17) is 0 Å². The molecule has 1 N–H and O–H groups in total.